The Morgan fingerprint density at radius 1 is 1.25 bits per heavy atom. The van der Waals surface area contributed by atoms with Crippen molar-refractivity contribution in [3.8, 4) is 0 Å². The fourth-order valence-corrected chi connectivity index (χ4v) is 2.53. The van der Waals surface area contributed by atoms with Gasteiger partial charge in [-0.2, -0.15) is 4.98 Å². The van der Waals surface area contributed by atoms with Gasteiger partial charge in [0.15, 0.2) is 5.58 Å². The molecule has 0 atom stereocenters. The summed E-state index contributed by atoms with van der Waals surface area (Å²) in [6.07, 6.45) is 3.98. The van der Waals surface area contributed by atoms with E-state index in [4.69, 9.17) is 4.42 Å². The van der Waals surface area contributed by atoms with Gasteiger partial charge in [-0.05, 0) is 31.4 Å². The van der Waals surface area contributed by atoms with Gasteiger partial charge >= 0.3 is 0 Å². The van der Waals surface area contributed by atoms with Crippen LogP contribution in [0.5, 0.6) is 0 Å². The highest BCUT2D eigenvalue weighted by atomic mass is 16.4. The third-order valence-electron chi connectivity index (χ3n) is 3.62. The Kier molecular flexibility index (Phi) is 3.85. The number of rotatable bonds is 4. The zero-order valence-electron chi connectivity index (χ0n) is 11.5. The molecular weight excluding hydrogens is 254 g/mol. The highest BCUT2D eigenvalue weighted by molar-refractivity contribution is 5.77. The van der Waals surface area contributed by atoms with Gasteiger partial charge in [0.1, 0.15) is 5.52 Å². The van der Waals surface area contributed by atoms with Crippen LogP contribution >= 0.6 is 0 Å². The molecule has 5 heteroatoms. The van der Waals surface area contributed by atoms with Gasteiger partial charge in [-0.3, -0.25) is 4.79 Å². The molecule has 1 aliphatic rings. The number of hydrogen-bond donors (Lipinski definition) is 1. The maximum atomic E-state index is 12.0. The van der Waals surface area contributed by atoms with Gasteiger partial charge in [0.2, 0.25) is 5.91 Å². The molecule has 1 aromatic carbocycles. The van der Waals surface area contributed by atoms with Crippen molar-refractivity contribution in [3.05, 3.63) is 24.3 Å². The molecule has 1 amide bonds. The van der Waals surface area contributed by atoms with Crippen molar-refractivity contribution in [1.29, 1.82) is 0 Å². The first-order valence-electron chi connectivity index (χ1n) is 7.20. The maximum absolute atomic E-state index is 12.0. The fraction of sp³-hybridized carbons (Fsp3) is 0.467. The van der Waals surface area contributed by atoms with Crippen LogP contribution < -0.4 is 5.32 Å². The Balaban J connectivity index is 1.50. The number of likely N-dealkylation sites (tertiary alicyclic amines) is 1. The second-order valence-corrected chi connectivity index (χ2v) is 5.10. The molecule has 0 saturated carbocycles. The lowest BCUT2D eigenvalue weighted by Crippen LogP contribution is -2.36. The molecule has 2 aromatic rings. The lowest BCUT2D eigenvalue weighted by Gasteiger charge is -2.26. The Morgan fingerprint density at radius 3 is 2.85 bits per heavy atom. The average molecular weight is 273 g/mol. The minimum absolute atomic E-state index is 0.216. The molecule has 1 aliphatic heterocycles. The van der Waals surface area contributed by atoms with E-state index in [0.29, 0.717) is 19.0 Å². The van der Waals surface area contributed by atoms with E-state index in [2.05, 4.69) is 10.3 Å². The number of carbonyl (C=O) groups is 1. The van der Waals surface area contributed by atoms with Crippen LogP contribution in [0.15, 0.2) is 28.7 Å². The number of benzene rings is 1. The number of nitrogens with zero attached hydrogens (tertiary/aromatic N) is 2. The number of fused-ring (bicyclic) bond motifs is 1. The zero-order chi connectivity index (χ0) is 13.8. The largest absolute Gasteiger partial charge is 0.424 e. The summed E-state index contributed by atoms with van der Waals surface area (Å²) < 4.78 is 5.55. The summed E-state index contributed by atoms with van der Waals surface area (Å²) in [5, 5.41) is 3.08. The van der Waals surface area contributed by atoms with E-state index in [1.54, 1.807) is 0 Å². The second kappa shape index (κ2) is 5.94. The summed E-state index contributed by atoms with van der Waals surface area (Å²) >= 11 is 0. The van der Waals surface area contributed by atoms with E-state index in [1.165, 1.54) is 6.42 Å². The van der Waals surface area contributed by atoms with E-state index < -0.39 is 0 Å². The normalized spacial score (nSPS) is 15.5. The lowest BCUT2D eigenvalue weighted by molar-refractivity contribution is -0.131. The third-order valence-corrected chi connectivity index (χ3v) is 3.62. The van der Waals surface area contributed by atoms with Crippen molar-refractivity contribution >= 4 is 23.0 Å². The summed E-state index contributed by atoms with van der Waals surface area (Å²) in [7, 11) is 0. The molecule has 0 spiro atoms. The molecule has 20 heavy (non-hydrogen) atoms. The smallest absolute Gasteiger partial charge is 0.295 e. The number of hydrogen-bond acceptors (Lipinski definition) is 4. The van der Waals surface area contributed by atoms with Crippen molar-refractivity contribution < 1.29 is 9.21 Å². The molecule has 1 N–H and O–H groups in total. The maximum Gasteiger partial charge on any atom is 0.295 e. The summed E-state index contributed by atoms with van der Waals surface area (Å²) in [5.41, 5.74) is 1.59. The van der Waals surface area contributed by atoms with Gasteiger partial charge < -0.3 is 14.6 Å². The van der Waals surface area contributed by atoms with Gasteiger partial charge in [-0.25, -0.2) is 0 Å². The monoisotopic (exact) mass is 273 g/mol. The van der Waals surface area contributed by atoms with Gasteiger partial charge in [-0.1, -0.05) is 12.1 Å². The predicted molar refractivity (Wildman–Crippen MR) is 77.5 cm³/mol. The predicted octanol–water partition coefficient (Wildman–Crippen LogP) is 2.64. The molecule has 2 heterocycles. The standard InChI is InChI=1S/C15H19N3O2/c19-14(18-10-4-1-5-11-18)8-9-16-15-17-12-6-2-3-7-13(12)20-15/h2-3,6-7H,1,4-5,8-11H2,(H,16,17). The van der Waals surface area contributed by atoms with Gasteiger partial charge in [0.25, 0.3) is 6.01 Å². The number of anilines is 1. The minimum Gasteiger partial charge on any atom is -0.424 e. The topological polar surface area (TPSA) is 58.4 Å². The average Bonchev–Trinajstić information content (AvgIpc) is 2.90. The summed E-state index contributed by atoms with van der Waals surface area (Å²) in [5.74, 6) is 0.216. The van der Waals surface area contributed by atoms with Gasteiger partial charge in [0, 0.05) is 26.1 Å². The first-order chi connectivity index (χ1) is 9.83. The summed E-state index contributed by atoms with van der Waals surface area (Å²) in [6.45, 7) is 2.37. The van der Waals surface area contributed by atoms with Gasteiger partial charge in [0.05, 0.1) is 0 Å². The molecule has 1 saturated heterocycles. The fourth-order valence-electron chi connectivity index (χ4n) is 2.53. The number of para-hydroxylation sites is 2. The summed E-state index contributed by atoms with van der Waals surface area (Å²) in [4.78, 5) is 18.3. The van der Waals surface area contributed by atoms with Crippen LogP contribution in [0, 0.1) is 0 Å². The number of nitrogens with one attached hydrogen (secondary N) is 1. The van der Waals surface area contributed by atoms with Crippen molar-refractivity contribution in [2.75, 3.05) is 25.0 Å². The van der Waals surface area contributed by atoms with Crippen LogP contribution in [0.4, 0.5) is 6.01 Å². The van der Waals surface area contributed by atoms with E-state index in [-0.39, 0.29) is 5.91 Å². The molecule has 0 radical (unpaired) electrons. The van der Waals surface area contributed by atoms with E-state index >= 15 is 0 Å². The molecular formula is C15H19N3O2. The molecule has 106 valence electrons. The lowest BCUT2D eigenvalue weighted by atomic mass is 10.1. The molecule has 1 fully saturated rings. The van der Waals surface area contributed by atoms with Crippen LogP contribution in [0.1, 0.15) is 25.7 Å². The number of aromatic nitrogens is 1. The number of amides is 1. The first-order valence-corrected chi connectivity index (χ1v) is 7.20. The van der Waals surface area contributed by atoms with E-state index in [1.807, 2.05) is 29.2 Å². The SMILES string of the molecule is O=C(CCNc1nc2ccccc2o1)N1CCCCC1. The van der Waals surface area contributed by atoms with Crippen molar-refractivity contribution in [1.82, 2.24) is 9.88 Å². The van der Waals surface area contributed by atoms with Crippen LogP contribution in [0.3, 0.4) is 0 Å². The molecule has 3 rings (SSSR count). The molecule has 0 bridgehead atoms. The Bertz CT molecular complexity index is 555. The van der Waals surface area contributed by atoms with Crippen LogP contribution in [0.2, 0.25) is 0 Å². The van der Waals surface area contributed by atoms with Crippen molar-refractivity contribution in [3.63, 3.8) is 0 Å². The zero-order valence-corrected chi connectivity index (χ0v) is 11.5. The highest BCUT2D eigenvalue weighted by Gasteiger charge is 2.16. The van der Waals surface area contributed by atoms with Crippen LogP contribution in [-0.2, 0) is 4.79 Å². The number of oxazole rings is 1. The van der Waals surface area contributed by atoms with Crippen LogP contribution in [0.25, 0.3) is 11.1 Å². The Labute approximate surface area is 118 Å². The first kappa shape index (κ1) is 13.0. The Morgan fingerprint density at radius 2 is 2.05 bits per heavy atom. The number of carbonyl (C=O) groups excluding carboxylic acids is 1. The van der Waals surface area contributed by atoms with Crippen LogP contribution in [-0.4, -0.2) is 35.4 Å². The molecule has 1 aromatic heterocycles. The van der Waals surface area contributed by atoms with Crippen molar-refractivity contribution in [2.45, 2.75) is 25.7 Å². The third kappa shape index (κ3) is 2.92. The number of piperidine rings is 1. The quantitative estimate of drug-likeness (QED) is 0.930. The summed E-state index contributed by atoms with van der Waals surface area (Å²) in [6, 6.07) is 8.11. The Hall–Kier alpha value is -2.04. The van der Waals surface area contributed by atoms with E-state index in [9.17, 15) is 4.79 Å². The highest BCUT2D eigenvalue weighted by Crippen LogP contribution is 2.18. The molecule has 0 aliphatic carbocycles. The molecule has 5 nitrogen and oxygen atoms in total. The van der Waals surface area contributed by atoms with Crippen molar-refractivity contribution in [2.24, 2.45) is 0 Å². The van der Waals surface area contributed by atoms with Gasteiger partial charge in [-0.15, -0.1) is 0 Å². The minimum atomic E-state index is 0.216. The van der Waals surface area contributed by atoms with E-state index in [0.717, 1.165) is 37.0 Å². The second-order valence-electron chi connectivity index (χ2n) is 5.10. The molecule has 0 unspecified atom stereocenters.